The Bertz CT molecular complexity index is 1260. The number of carbonyl (C=O) groups excluding carboxylic acids is 2. The molecule has 0 bridgehead atoms. The maximum atomic E-state index is 13.1. The molecule has 1 atom stereocenters. The fraction of sp³-hybridized carbons (Fsp3) is 0.192. The first-order chi connectivity index (χ1) is 16.5. The van der Waals surface area contributed by atoms with Crippen LogP contribution in [0.15, 0.2) is 73.4 Å². The van der Waals surface area contributed by atoms with Crippen molar-refractivity contribution in [3.63, 3.8) is 0 Å². The summed E-state index contributed by atoms with van der Waals surface area (Å²) in [5.41, 5.74) is 3.04. The first-order valence-electron chi connectivity index (χ1n) is 10.9. The fourth-order valence-corrected chi connectivity index (χ4v) is 4.37. The van der Waals surface area contributed by atoms with E-state index in [1.165, 1.54) is 0 Å². The van der Waals surface area contributed by atoms with Gasteiger partial charge in [-0.2, -0.15) is 0 Å². The predicted octanol–water partition coefficient (Wildman–Crippen LogP) is 3.19. The highest BCUT2D eigenvalue weighted by molar-refractivity contribution is 6.07. The van der Waals surface area contributed by atoms with Crippen LogP contribution in [0.1, 0.15) is 22.4 Å². The molecule has 1 fully saturated rings. The van der Waals surface area contributed by atoms with Gasteiger partial charge in [0, 0.05) is 24.0 Å². The van der Waals surface area contributed by atoms with Crippen molar-refractivity contribution in [2.75, 3.05) is 13.7 Å². The summed E-state index contributed by atoms with van der Waals surface area (Å²) in [6, 6.07) is 18.1. The lowest BCUT2D eigenvalue weighted by Crippen LogP contribution is -2.51. The molecule has 1 aromatic heterocycles. The van der Waals surface area contributed by atoms with E-state index in [2.05, 4.69) is 22.2 Å². The summed E-state index contributed by atoms with van der Waals surface area (Å²) < 4.78 is 11.2. The van der Waals surface area contributed by atoms with Gasteiger partial charge in [0.05, 0.1) is 19.3 Å². The van der Waals surface area contributed by atoms with Crippen molar-refractivity contribution in [1.82, 2.24) is 20.5 Å². The van der Waals surface area contributed by atoms with Crippen LogP contribution in [0.25, 0.3) is 5.70 Å². The van der Waals surface area contributed by atoms with Crippen molar-refractivity contribution in [3.05, 3.63) is 95.8 Å². The lowest BCUT2D eigenvalue weighted by molar-refractivity contribution is -0.124. The third kappa shape index (κ3) is 3.83. The number of pyridine rings is 1. The monoisotopic (exact) mass is 456 g/mol. The average molecular weight is 457 g/mol. The summed E-state index contributed by atoms with van der Waals surface area (Å²) in [6.07, 6.45) is 1.72. The van der Waals surface area contributed by atoms with Crippen LogP contribution in [0.4, 0.5) is 4.79 Å². The summed E-state index contributed by atoms with van der Waals surface area (Å²) in [6.45, 7) is 5.37. The highest BCUT2D eigenvalue weighted by Gasteiger charge is 2.49. The topological polar surface area (TPSA) is 92.8 Å². The van der Waals surface area contributed by atoms with Crippen LogP contribution in [0, 0.1) is 0 Å². The van der Waals surface area contributed by atoms with E-state index in [-0.39, 0.29) is 6.54 Å². The minimum atomic E-state index is -1.26. The number of urea groups is 1. The van der Waals surface area contributed by atoms with Gasteiger partial charge in [0.25, 0.3) is 5.91 Å². The minimum absolute atomic E-state index is 0.231. The average Bonchev–Trinajstić information content (AvgIpc) is 3.33. The number of rotatable bonds is 7. The summed E-state index contributed by atoms with van der Waals surface area (Å²) >= 11 is 0. The van der Waals surface area contributed by atoms with E-state index in [1.54, 1.807) is 37.6 Å². The Morgan fingerprint density at radius 1 is 1.09 bits per heavy atom. The van der Waals surface area contributed by atoms with Crippen molar-refractivity contribution in [2.45, 2.75) is 18.7 Å². The van der Waals surface area contributed by atoms with Gasteiger partial charge >= 0.3 is 6.03 Å². The number of hydrogen-bond acceptors (Lipinski definition) is 6. The Labute approximate surface area is 197 Å². The molecular formula is C26H24N4O4. The first-order valence-corrected chi connectivity index (χ1v) is 10.9. The molecule has 3 heterocycles. The largest absolute Gasteiger partial charge is 0.497 e. The number of imide groups is 1. The fourth-order valence-electron chi connectivity index (χ4n) is 4.37. The summed E-state index contributed by atoms with van der Waals surface area (Å²) in [5, 5.41) is 5.24. The second kappa shape index (κ2) is 8.55. The molecule has 0 unspecified atom stereocenters. The molecule has 5 rings (SSSR count). The quantitative estimate of drug-likeness (QED) is 0.531. The highest BCUT2D eigenvalue weighted by atomic mass is 16.5. The molecule has 1 saturated heterocycles. The van der Waals surface area contributed by atoms with Crippen molar-refractivity contribution in [3.8, 4) is 11.5 Å². The number of methoxy groups -OCH3 is 1. The van der Waals surface area contributed by atoms with E-state index < -0.39 is 17.5 Å². The van der Waals surface area contributed by atoms with Gasteiger partial charge in [-0.05, 0) is 47.5 Å². The summed E-state index contributed by atoms with van der Waals surface area (Å²) in [5.74, 6) is 0.977. The van der Waals surface area contributed by atoms with Gasteiger partial charge in [0.15, 0.2) is 5.54 Å². The third-order valence-corrected chi connectivity index (χ3v) is 6.20. The number of ether oxygens (including phenoxy) is 2. The number of nitrogens with zero attached hydrogens (tertiary/aromatic N) is 2. The van der Waals surface area contributed by atoms with Gasteiger partial charge in [-0.15, -0.1) is 0 Å². The van der Waals surface area contributed by atoms with E-state index in [0.29, 0.717) is 24.5 Å². The molecule has 2 aliphatic rings. The molecule has 172 valence electrons. The molecule has 8 heteroatoms. The van der Waals surface area contributed by atoms with Gasteiger partial charge < -0.3 is 19.7 Å². The predicted molar refractivity (Wildman–Crippen MR) is 126 cm³/mol. The molecule has 3 amide bonds. The minimum Gasteiger partial charge on any atom is -0.497 e. The lowest BCUT2D eigenvalue weighted by atomic mass is 9.89. The van der Waals surface area contributed by atoms with Gasteiger partial charge in [-0.3, -0.25) is 15.1 Å². The zero-order valence-electron chi connectivity index (χ0n) is 18.7. The first kappa shape index (κ1) is 21.5. The smallest absolute Gasteiger partial charge is 0.322 e. The van der Waals surface area contributed by atoms with Crippen molar-refractivity contribution in [1.29, 1.82) is 0 Å². The second-order valence-corrected chi connectivity index (χ2v) is 8.27. The Morgan fingerprint density at radius 3 is 2.56 bits per heavy atom. The molecule has 2 aromatic carbocycles. The zero-order valence-corrected chi connectivity index (χ0v) is 18.7. The Hall–Kier alpha value is -4.33. The van der Waals surface area contributed by atoms with Crippen LogP contribution in [-0.2, 0) is 23.5 Å². The van der Waals surface area contributed by atoms with Crippen molar-refractivity contribution < 1.29 is 19.1 Å². The number of hydrogen-bond donors (Lipinski definition) is 2. The lowest BCUT2D eigenvalue weighted by Gasteiger charge is -2.33. The van der Waals surface area contributed by atoms with Crippen LogP contribution in [0.3, 0.4) is 0 Å². The number of aromatic nitrogens is 1. The number of nitrogens with one attached hydrogen (secondary N) is 2. The van der Waals surface area contributed by atoms with Gasteiger partial charge in [-0.1, -0.05) is 30.8 Å². The number of carbonyl (C=O) groups is 2. The number of fused-ring (bicyclic) bond motifs is 1. The van der Waals surface area contributed by atoms with Crippen molar-refractivity contribution in [2.24, 2.45) is 0 Å². The SMILES string of the molecule is C=C1c2cc(OC)ccc2CN1C[C@@]1(c2ccc(OCc3ccccn3)cc2)NC(=O)NC1=O. The molecule has 2 N–H and O–H groups in total. The Kier molecular flexibility index (Phi) is 5.41. The maximum absolute atomic E-state index is 13.1. The molecular weight excluding hydrogens is 432 g/mol. The molecule has 8 nitrogen and oxygen atoms in total. The van der Waals surface area contributed by atoms with Gasteiger partial charge in [-0.25, -0.2) is 4.79 Å². The zero-order chi connectivity index (χ0) is 23.7. The summed E-state index contributed by atoms with van der Waals surface area (Å²) in [7, 11) is 1.62. The third-order valence-electron chi connectivity index (χ3n) is 6.20. The van der Waals surface area contributed by atoms with E-state index in [0.717, 1.165) is 28.3 Å². The Morgan fingerprint density at radius 2 is 1.88 bits per heavy atom. The van der Waals surface area contributed by atoms with E-state index in [1.807, 2.05) is 41.3 Å². The molecule has 0 radical (unpaired) electrons. The highest BCUT2D eigenvalue weighted by Crippen LogP contribution is 2.37. The van der Waals surface area contributed by atoms with E-state index in [4.69, 9.17) is 9.47 Å². The van der Waals surface area contributed by atoms with E-state index >= 15 is 0 Å². The van der Waals surface area contributed by atoms with Crippen LogP contribution >= 0.6 is 0 Å². The molecule has 0 saturated carbocycles. The van der Waals surface area contributed by atoms with Gasteiger partial charge in [0.2, 0.25) is 0 Å². The standard InChI is InChI=1S/C26H24N4O4/c1-17-23-13-22(33-2)9-6-18(23)14-30(17)16-26(24(31)28-25(32)29-26)19-7-10-21(11-8-19)34-15-20-5-3-4-12-27-20/h3-13H,1,14-16H2,2H3,(H2,28,29,31,32)/t26-/m0/s1. The molecule has 3 aromatic rings. The van der Waals surface area contributed by atoms with Crippen molar-refractivity contribution >= 4 is 17.6 Å². The molecule has 34 heavy (non-hydrogen) atoms. The van der Waals surface area contributed by atoms with Gasteiger partial charge in [0.1, 0.15) is 18.1 Å². The number of amides is 3. The van der Waals surface area contributed by atoms with Crippen LogP contribution in [-0.4, -0.2) is 35.5 Å². The molecule has 0 spiro atoms. The Balaban J connectivity index is 1.38. The molecule has 0 aliphatic carbocycles. The molecule has 2 aliphatic heterocycles. The maximum Gasteiger partial charge on any atom is 0.322 e. The van der Waals surface area contributed by atoms with Crippen LogP contribution in [0.2, 0.25) is 0 Å². The number of benzene rings is 2. The summed E-state index contributed by atoms with van der Waals surface area (Å²) in [4.78, 5) is 31.5. The van der Waals surface area contributed by atoms with Crippen LogP contribution < -0.4 is 20.1 Å². The normalized spacial score (nSPS) is 19.0. The van der Waals surface area contributed by atoms with Crippen LogP contribution in [0.5, 0.6) is 11.5 Å². The second-order valence-electron chi connectivity index (χ2n) is 8.27. The van der Waals surface area contributed by atoms with E-state index in [9.17, 15) is 9.59 Å².